The molecule has 1 fully saturated rings. The summed E-state index contributed by atoms with van der Waals surface area (Å²) in [6.45, 7) is 2.14. The van der Waals surface area contributed by atoms with Gasteiger partial charge in [-0.15, -0.1) is 0 Å². The molecule has 2 heteroatoms. The van der Waals surface area contributed by atoms with E-state index in [2.05, 4.69) is 48.6 Å². The molecular weight excluding hydrogens is 278 g/mol. The number of aryl methyl sites for hydroxylation is 1. The molecule has 3 rings (SSSR count). The SMILES string of the molecule is CNC(c1ccc(C2CCC2)cc1)c1cc(Cl)ccc1C. The summed E-state index contributed by atoms with van der Waals surface area (Å²) in [5.41, 5.74) is 5.30. The van der Waals surface area contributed by atoms with Crippen molar-refractivity contribution < 1.29 is 0 Å². The Bertz CT molecular complexity index is 614. The van der Waals surface area contributed by atoms with Gasteiger partial charge in [0, 0.05) is 5.02 Å². The lowest BCUT2D eigenvalue weighted by molar-refractivity contribution is 0.419. The van der Waals surface area contributed by atoms with Gasteiger partial charge >= 0.3 is 0 Å². The molecule has 1 aliphatic carbocycles. The Balaban J connectivity index is 1.90. The van der Waals surface area contributed by atoms with Gasteiger partial charge in [0.2, 0.25) is 0 Å². The molecule has 1 nitrogen and oxygen atoms in total. The van der Waals surface area contributed by atoms with Gasteiger partial charge in [-0.3, -0.25) is 0 Å². The molecule has 0 radical (unpaired) electrons. The predicted molar refractivity (Wildman–Crippen MR) is 90.1 cm³/mol. The van der Waals surface area contributed by atoms with Gasteiger partial charge in [0.25, 0.3) is 0 Å². The molecule has 0 aliphatic heterocycles. The molecule has 21 heavy (non-hydrogen) atoms. The molecular formula is C19H22ClN. The van der Waals surface area contributed by atoms with E-state index in [1.54, 1.807) is 0 Å². The molecule has 0 aromatic heterocycles. The minimum absolute atomic E-state index is 0.194. The van der Waals surface area contributed by atoms with E-state index >= 15 is 0 Å². The Labute approximate surface area is 132 Å². The van der Waals surface area contributed by atoms with Crippen molar-refractivity contribution in [3.63, 3.8) is 0 Å². The van der Waals surface area contributed by atoms with Gasteiger partial charge in [-0.2, -0.15) is 0 Å². The first-order chi connectivity index (χ1) is 10.2. The molecule has 1 saturated carbocycles. The van der Waals surface area contributed by atoms with E-state index in [0.717, 1.165) is 10.9 Å². The second kappa shape index (κ2) is 6.21. The van der Waals surface area contributed by atoms with E-state index in [0.29, 0.717) is 0 Å². The number of hydrogen-bond acceptors (Lipinski definition) is 1. The first-order valence-corrected chi connectivity index (χ1v) is 8.10. The standard InChI is InChI=1S/C19H22ClN/c1-13-6-11-17(20)12-18(13)19(21-2)16-9-7-15(8-10-16)14-4-3-5-14/h6-12,14,19,21H,3-5H2,1-2H3. The summed E-state index contributed by atoms with van der Waals surface area (Å²) in [5.74, 6) is 0.792. The molecule has 2 aromatic carbocycles. The molecule has 0 amide bonds. The predicted octanol–water partition coefficient (Wildman–Crippen LogP) is 5.22. The zero-order valence-electron chi connectivity index (χ0n) is 12.7. The second-order valence-corrected chi connectivity index (χ2v) is 6.45. The van der Waals surface area contributed by atoms with Crippen LogP contribution < -0.4 is 5.32 Å². The van der Waals surface area contributed by atoms with Crippen LogP contribution >= 0.6 is 11.6 Å². The first-order valence-electron chi connectivity index (χ1n) is 7.72. The Hall–Kier alpha value is -1.31. The maximum atomic E-state index is 6.17. The monoisotopic (exact) mass is 299 g/mol. The van der Waals surface area contributed by atoms with Crippen LogP contribution in [0.25, 0.3) is 0 Å². The zero-order chi connectivity index (χ0) is 14.8. The molecule has 0 spiro atoms. The molecule has 1 aliphatic rings. The molecule has 2 aromatic rings. The summed E-state index contributed by atoms with van der Waals surface area (Å²) in [5, 5.41) is 4.21. The molecule has 0 saturated heterocycles. The summed E-state index contributed by atoms with van der Waals surface area (Å²) in [6.07, 6.45) is 4.08. The van der Waals surface area contributed by atoms with Crippen molar-refractivity contribution in [3.05, 3.63) is 69.7 Å². The van der Waals surface area contributed by atoms with Crippen molar-refractivity contribution >= 4 is 11.6 Å². The number of hydrogen-bond donors (Lipinski definition) is 1. The van der Waals surface area contributed by atoms with Crippen LogP contribution in [0.1, 0.15) is 53.5 Å². The summed E-state index contributed by atoms with van der Waals surface area (Å²) in [4.78, 5) is 0. The van der Waals surface area contributed by atoms with Gasteiger partial charge in [0.1, 0.15) is 0 Å². The quantitative estimate of drug-likeness (QED) is 0.815. The first kappa shape index (κ1) is 14.6. The number of halogens is 1. The van der Waals surface area contributed by atoms with Crippen LogP contribution in [0, 0.1) is 6.92 Å². The minimum Gasteiger partial charge on any atom is -0.309 e. The third-order valence-electron chi connectivity index (χ3n) is 4.69. The van der Waals surface area contributed by atoms with Crippen molar-refractivity contribution in [3.8, 4) is 0 Å². The van der Waals surface area contributed by atoms with E-state index in [4.69, 9.17) is 11.6 Å². The fourth-order valence-electron chi connectivity index (χ4n) is 3.13. The van der Waals surface area contributed by atoms with Crippen LogP contribution in [-0.2, 0) is 0 Å². The van der Waals surface area contributed by atoms with Crippen molar-refractivity contribution in [2.75, 3.05) is 7.05 Å². The Morgan fingerprint density at radius 1 is 1.10 bits per heavy atom. The van der Waals surface area contributed by atoms with E-state index in [9.17, 15) is 0 Å². The van der Waals surface area contributed by atoms with Crippen LogP contribution in [0.5, 0.6) is 0 Å². The Kier molecular flexibility index (Phi) is 4.32. The van der Waals surface area contributed by atoms with Crippen LogP contribution in [0.15, 0.2) is 42.5 Å². The lowest BCUT2D eigenvalue weighted by Crippen LogP contribution is -2.19. The molecule has 1 N–H and O–H groups in total. The number of rotatable bonds is 4. The van der Waals surface area contributed by atoms with Crippen molar-refractivity contribution in [2.24, 2.45) is 0 Å². The van der Waals surface area contributed by atoms with Crippen LogP contribution in [0.4, 0.5) is 0 Å². The van der Waals surface area contributed by atoms with Crippen molar-refractivity contribution in [1.29, 1.82) is 0 Å². The van der Waals surface area contributed by atoms with Crippen LogP contribution in [0.3, 0.4) is 0 Å². The highest BCUT2D eigenvalue weighted by molar-refractivity contribution is 6.30. The van der Waals surface area contributed by atoms with Crippen molar-refractivity contribution in [2.45, 2.75) is 38.1 Å². The molecule has 1 unspecified atom stereocenters. The van der Waals surface area contributed by atoms with Crippen molar-refractivity contribution in [1.82, 2.24) is 5.32 Å². The lowest BCUT2D eigenvalue weighted by atomic mass is 9.79. The third-order valence-corrected chi connectivity index (χ3v) is 4.92. The number of benzene rings is 2. The Morgan fingerprint density at radius 2 is 1.81 bits per heavy atom. The summed E-state index contributed by atoms with van der Waals surface area (Å²) in [6, 6.07) is 15.4. The van der Waals surface area contributed by atoms with E-state index in [-0.39, 0.29) is 6.04 Å². The second-order valence-electron chi connectivity index (χ2n) is 6.02. The topological polar surface area (TPSA) is 12.0 Å². The normalized spacial score (nSPS) is 16.5. The fourth-order valence-corrected chi connectivity index (χ4v) is 3.31. The smallest absolute Gasteiger partial charge is 0.0577 e. The van der Waals surface area contributed by atoms with Gasteiger partial charge < -0.3 is 5.32 Å². The van der Waals surface area contributed by atoms with E-state index in [1.165, 1.54) is 41.5 Å². The molecule has 110 valence electrons. The largest absolute Gasteiger partial charge is 0.309 e. The van der Waals surface area contributed by atoms with Crippen LogP contribution in [0.2, 0.25) is 5.02 Å². The summed E-state index contributed by atoms with van der Waals surface area (Å²) < 4.78 is 0. The average molecular weight is 300 g/mol. The zero-order valence-corrected chi connectivity index (χ0v) is 13.5. The fraction of sp³-hybridized carbons (Fsp3) is 0.368. The average Bonchev–Trinajstić information content (AvgIpc) is 2.43. The Morgan fingerprint density at radius 3 is 2.38 bits per heavy atom. The van der Waals surface area contributed by atoms with E-state index in [1.807, 2.05) is 13.1 Å². The van der Waals surface area contributed by atoms with Gasteiger partial charge in [-0.1, -0.05) is 48.4 Å². The highest BCUT2D eigenvalue weighted by Gasteiger charge is 2.20. The maximum Gasteiger partial charge on any atom is 0.0577 e. The number of nitrogens with one attached hydrogen (secondary N) is 1. The summed E-state index contributed by atoms with van der Waals surface area (Å²) in [7, 11) is 2.00. The van der Waals surface area contributed by atoms with Gasteiger partial charge in [-0.25, -0.2) is 0 Å². The highest BCUT2D eigenvalue weighted by Crippen LogP contribution is 2.37. The molecule has 0 bridgehead atoms. The maximum absolute atomic E-state index is 6.17. The molecule has 1 atom stereocenters. The molecule has 0 heterocycles. The van der Waals surface area contributed by atoms with Gasteiger partial charge in [-0.05, 0) is 67.1 Å². The van der Waals surface area contributed by atoms with E-state index < -0.39 is 0 Å². The highest BCUT2D eigenvalue weighted by atomic mass is 35.5. The summed E-state index contributed by atoms with van der Waals surface area (Å²) >= 11 is 6.17. The minimum atomic E-state index is 0.194. The van der Waals surface area contributed by atoms with Crippen LogP contribution in [-0.4, -0.2) is 7.05 Å². The van der Waals surface area contributed by atoms with Gasteiger partial charge in [0.05, 0.1) is 6.04 Å². The van der Waals surface area contributed by atoms with Gasteiger partial charge in [0.15, 0.2) is 0 Å². The third kappa shape index (κ3) is 3.00. The lowest BCUT2D eigenvalue weighted by Gasteiger charge is -2.26.